The zero-order valence-electron chi connectivity index (χ0n) is 10.8. The number of hydrogen-bond donors (Lipinski definition) is 1. The molecule has 0 radical (unpaired) electrons. The number of rotatable bonds is 3. The van der Waals surface area contributed by atoms with E-state index in [1.807, 2.05) is 25.1 Å². The SMILES string of the molecule is C/C(=N/O)c1ccc(C)cc1OC1CCCOC1. The van der Waals surface area contributed by atoms with Crippen molar-refractivity contribution in [2.75, 3.05) is 13.2 Å². The molecule has 0 spiro atoms. The Morgan fingerprint density at radius 3 is 3.00 bits per heavy atom. The maximum atomic E-state index is 8.90. The molecule has 1 fully saturated rings. The molecular weight excluding hydrogens is 230 g/mol. The minimum atomic E-state index is 0.0887. The van der Waals surface area contributed by atoms with Crippen LogP contribution in [-0.4, -0.2) is 30.2 Å². The fourth-order valence-corrected chi connectivity index (χ4v) is 2.06. The quantitative estimate of drug-likeness (QED) is 0.509. The molecule has 0 amide bonds. The lowest BCUT2D eigenvalue weighted by molar-refractivity contribution is 0.00733. The predicted molar refractivity (Wildman–Crippen MR) is 69.6 cm³/mol. The van der Waals surface area contributed by atoms with E-state index < -0.39 is 0 Å². The van der Waals surface area contributed by atoms with Gasteiger partial charge in [0.2, 0.25) is 0 Å². The maximum Gasteiger partial charge on any atom is 0.129 e. The van der Waals surface area contributed by atoms with Gasteiger partial charge in [0.15, 0.2) is 0 Å². The van der Waals surface area contributed by atoms with Crippen LogP contribution in [-0.2, 0) is 4.74 Å². The van der Waals surface area contributed by atoms with E-state index in [9.17, 15) is 0 Å². The Balaban J connectivity index is 2.21. The van der Waals surface area contributed by atoms with Crippen LogP contribution in [0, 0.1) is 6.92 Å². The van der Waals surface area contributed by atoms with E-state index in [2.05, 4.69) is 5.16 Å². The van der Waals surface area contributed by atoms with Gasteiger partial charge < -0.3 is 14.7 Å². The minimum Gasteiger partial charge on any atom is -0.487 e. The normalized spacial score (nSPS) is 20.8. The number of benzene rings is 1. The van der Waals surface area contributed by atoms with Crippen LogP contribution in [0.15, 0.2) is 23.4 Å². The first-order chi connectivity index (χ1) is 8.70. The topological polar surface area (TPSA) is 51.1 Å². The molecule has 0 bridgehead atoms. The van der Waals surface area contributed by atoms with Crippen LogP contribution in [0.5, 0.6) is 5.75 Å². The average Bonchev–Trinajstić information content (AvgIpc) is 2.39. The van der Waals surface area contributed by atoms with Crippen molar-refractivity contribution >= 4 is 5.71 Å². The van der Waals surface area contributed by atoms with Crippen molar-refractivity contribution in [3.63, 3.8) is 0 Å². The van der Waals surface area contributed by atoms with E-state index in [-0.39, 0.29) is 6.10 Å². The summed E-state index contributed by atoms with van der Waals surface area (Å²) in [7, 11) is 0. The standard InChI is InChI=1S/C14H19NO3/c1-10-5-6-13(11(2)15-16)14(8-10)18-12-4-3-7-17-9-12/h5-6,8,12,16H,3-4,7,9H2,1-2H3/b15-11-. The van der Waals surface area contributed by atoms with Crippen molar-refractivity contribution in [3.05, 3.63) is 29.3 Å². The lowest BCUT2D eigenvalue weighted by Crippen LogP contribution is -2.28. The van der Waals surface area contributed by atoms with Crippen molar-refractivity contribution in [2.24, 2.45) is 5.16 Å². The van der Waals surface area contributed by atoms with Gasteiger partial charge in [-0.05, 0) is 44.4 Å². The lowest BCUT2D eigenvalue weighted by atomic mass is 10.1. The van der Waals surface area contributed by atoms with Crippen LogP contribution in [0.1, 0.15) is 30.9 Å². The van der Waals surface area contributed by atoms with Crippen molar-refractivity contribution in [2.45, 2.75) is 32.8 Å². The van der Waals surface area contributed by atoms with Gasteiger partial charge >= 0.3 is 0 Å². The zero-order chi connectivity index (χ0) is 13.0. The Bertz CT molecular complexity index is 437. The van der Waals surface area contributed by atoms with Gasteiger partial charge in [-0.1, -0.05) is 11.2 Å². The van der Waals surface area contributed by atoms with Gasteiger partial charge in [0.1, 0.15) is 11.9 Å². The molecule has 1 saturated heterocycles. The van der Waals surface area contributed by atoms with Crippen LogP contribution in [0.2, 0.25) is 0 Å². The van der Waals surface area contributed by atoms with Crippen LogP contribution in [0.25, 0.3) is 0 Å². The van der Waals surface area contributed by atoms with Crippen LogP contribution in [0.3, 0.4) is 0 Å². The summed E-state index contributed by atoms with van der Waals surface area (Å²) in [6.07, 6.45) is 2.12. The molecule has 1 atom stereocenters. The molecule has 1 aromatic carbocycles. The summed E-state index contributed by atoms with van der Waals surface area (Å²) < 4.78 is 11.4. The van der Waals surface area contributed by atoms with Crippen LogP contribution >= 0.6 is 0 Å². The van der Waals surface area contributed by atoms with E-state index >= 15 is 0 Å². The second-order valence-electron chi connectivity index (χ2n) is 4.64. The monoisotopic (exact) mass is 249 g/mol. The molecule has 4 heteroatoms. The van der Waals surface area contributed by atoms with E-state index in [0.29, 0.717) is 12.3 Å². The Hall–Kier alpha value is -1.55. The van der Waals surface area contributed by atoms with Gasteiger partial charge in [-0.15, -0.1) is 0 Å². The molecule has 18 heavy (non-hydrogen) atoms. The third kappa shape index (κ3) is 3.01. The van der Waals surface area contributed by atoms with Crippen molar-refractivity contribution < 1.29 is 14.7 Å². The zero-order valence-corrected chi connectivity index (χ0v) is 10.8. The highest BCUT2D eigenvalue weighted by atomic mass is 16.5. The number of hydrogen-bond acceptors (Lipinski definition) is 4. The van der Waals surface area contributed by atoms with Crippen LogP contribution in [0.4, 0.5) is 0 Å². The Morgan fingerprint density at radius 1 is 1.50 bits per heavy atom. The highest BCUT2D eigenvalue weighted by Crippen LogP contribution is 2.24. The first-order valence-electron chi connectivity index (χ1n) is 6.25. The molecule has 1 unspecified atom stereocenters. The number of ether oxygens (including phenoxy) is 2. The molecule has 1 heterocycles. The molecule has 1 aliphatic heterocycles. The van der Waals surface area contributed by atoms with E-state index in [0.717, 1.165) is 36.3 Å². The number of aryl methyl sites for hydroxylation is 1. The minimum absolute atomic E-state index is 0.0887. The number of nitrogens with zero attached hydrogens (tertiary/aromatic N) is 1. The molecular formula is C14H19NO3. The van der Waals surface area contributed by atoms with Gasteiger partial charge in [0.05, 0.1) is 12.3 Å². The second kappa shape index (κ2) is 5.87. The fraction of sp³-hybridized carbons (Fsp3) is 0.500. The van der Waals surface area contributed by atoms with Gasteiger partial charge in [0, 0.05) is 12.2 Å². The smallest absolute Gasteiger partial charge is 0.129 e. The predicted octanol–water partition coefficient (Wildman–Crippen LogP) is 2.75. The van der Waals surface area contributed by atoms with Crippen molar-refractivity contribution in [3.8, 4) is 5.75 Å². The molecule has 1 aliphatic rings. The fourth-order valence-electron chi connectivity index (χ4n) is 2.06. The molecule has 0 aromatic heterocycles. The highest BCUT2D eigenvalue weighted by molar-refractivity contribution is 6.00. The lowest BCUT2D eigenvalue weighted by Gasteiger charge is -2.24. The Kier molecular flexibility index (Phi) is 4.20. The molecule has 1 aromatic rings. The molecule has 2 rings (SSSR count). The third-order valence-electron chi connectivity index (χ3n) is 3.09. The van der Waals surface area contributed by atoms with E-state index in [4.69, 9.17) is 14.7 Å². The summed E-state index contributed by atoms with van der Waals surface area (Å²) in [5, 5.41) is 12.1. The third-order valence-corrected chi connectivity index (χ3v) is 3.09. The maximum absolute atomic E-state index is 8.90. The van der Waals surface area contributed by atoms with Gasteiger partial charge in [-0.2, -0.15) is 0 Å². The van der Waals surface area contributed by atoms with E-state index in [1.165, 1.54) is 0 Å². The van der Waals surface area contributed by atoms with E-state index in [1.54, 1.807) is 6.92 Å². The summed E-state index contributed by atoms with van der Waals surface area (Å²) >= 11 is 0. The first kappa shape index (κ1) is 12.9. The van der Waals surface area contributed by atoms with Gasteiger partial charge in [-0.3, -0.25) is 0 Å². The molecule has 0 aliphatic carbocycles. The average molecular weight is 249 g/mol. The van der Waals surface area contributed by atoms with Crippen LogP contribution < -0.4 is 4.74 Å². The molecule has 1 N–H and O–H groups in total. The molecule has 98 valence electrons. The molecule has 0 saturated carbocycles. The highest BCUT2D eigenvalue weighted by Gasteiger charge is 2.17. The van der Waals surface area contributed by atoms with Crippen molar-refractivity contribution in [1.29, 1.82) is 0 Å². The summed E-state index contributed by atoms with van der Waals surface area (Å²) in [4.78, 5) is 0. The summed E-state index contributed by atoms with van der Waals surface area (Å²) in [6.45, 7) is 5.22. The Labute approximate surface area is 107 Å². The van der Waals surface area contributed by atoms with Crippen molar-refractivity contribution in [1.82, 2.24) is 0 Å². The van der Waals surface area contributed by atoms with Gasteiger partial charge in [-0.25, -0.2) is 0 Å². The van der Waals surface area contributed by atoms with Gasteiger partial charge in [0.25, 0.3) is 0 Å². The number of oxime groups is 1. The summed E-state index contributed by atoms with van der Waals surface area (Å²) in [6, 6.07) is 5.87. The largest absolute Gasteiger partial charge is 0.487 e. The summed E-state index contributed by atoms with van der Waals surface area (Å²) in [5.74, 6) is 0.765. The molecule has 4 nitrogen and oxygen atoms in total. The first-order valence-corrected chi connectivity index (χ1v) is 6.25. The Morgan fingerprint density at radius 2 is 2.33 bits per heavy atom. The summed E-state index contributed by atoms with van der Waals surface area (Å²) in [5.41, 5.74) is 2.51. The second-order valence-corrected chi connectivity index (χ2v) is 4.64.